The summed E-state index contributed by atoms with van der Waals surface area (Å²) in [6, 6.07) is 0. The zero-order valence-electron chi connectivity index (χ0n) is 9.53. The second kappa shape index (κ2) is 4.99. The predicted octanol–water partition coefficient (Wildman–Crippen LogP) is 3.20. The highest BCUT2D eigenvalue weighted by Gasteiger charge is 2.31. The second-order valence-electron chi connectivity index (χ2n) is 5.14. The number of nitrogens with one attached hydrogen (secondary N) is 1. The molecule has 0 radical (unpaired) electrons. The fraction of sp³-hybridized carbons (Fsp3) is 1.00. The van der Waals surface area contributed by atoms with Crippen molar-refractivity contribution in [2.24, 2.45) is 11.3 Å². The minimum atomic E-state index is 0.582. The monoisotopic (exact) mass is 183 g/mol. The average molecular weight is 183 g/mol. The van der Waals surface area contributed by atoms with Crippen LogP contribution >= 0.6 is 0 Å². The first-order valence-corrected chi connectivity index (χ1v) is 5.87. The van der Waals surface area contributed by atoms with Crippen LogP contribution in [0.3, 0.4) is 0 Å². The molecule has 0 saturated heterocycles. The summed E-state index contributed by atoms with van der Waals surface area (Å²) in [4.78, 5) is 0. The Kier molecular flexibility index (Phi) is 4.24. The zero-order valence-corrected chi connectivity index (χ0v) is 9.53. The molecule has 1 rings (SSSR count). The molecule has 1 saturated carbocycles. The third-order valence-electron chi connectivity index (χ3n) is 3.55. The molecule has 1 aliphatic rings. The Hall–Kier alpha value is -0.0400. The third-order valence-corrected chi connectivity index (χ3v) is 3.55. The predicted molar refractivity (Wildman–Crippen MR) is 58.9 cm³/mol. The van der Waals surface area contributed by atoms with Gasteiger partial charge < -0.3 is 5.32 Å². The molecular formula is C12H25N. The fourth-order valence-corrected chi connectivity index (χ4v) is 2.40. The van der Waals surface area contributed by atoms with Crippen LogP contribution in [0, 0.1) is 11.3 Å². The van der Waals surface area contributed by atoms with Crippen LogP contribution in [0.25, 0.3) is 0 Å². The largest absolute Gasteiger partial charge is 0.316 e. The molecule has 78 valence electrons. The number of rotatable bonds is 4. The maximum absolute atomic E-state index is 3.56. The number of hydrogen-bond acceptors (Lipinski definition) is 1. The van der Waals surface area contributed by atoms with Crippen molar-refractivity contribution in [3.8, 4) is 0 Å². The molecule has 0 aromatic heterocycles. The molecule has 0 aromatic rings. The highest BCUT2D eigenvalue weighted by molar-refractivity contribution is 4.83. The molecule has 1 nitrogen and oxygen atoms in total. The lowest BCUT2D eigenvalue weighted by molar-refractivity contribution is 0.136. The maximum Gasteiger partial charge on any atom is -0.00154 e. The van der Waals surface area contributed by atoms with Crippen molar-refractivity contribution in [2.75, 3.05) is 13.1 Å². The molecule has 1 heteroatoms. The van der Waals surface area contributed by atoms with Crippen molar-refractivity contribution in [1.82, 2.24) is 5.32 Å². The van der Waals surface area contributed by atoms with Gasteiger partial charge in [-0.3, -0.25) is 0 Å². The topological polar surface area (TPSA) is 12.0 Å². The van der Waals surface area contributed by atoms with Gasteiger partial charge in [0.2, 0.25) is 0 Å². The van der Waals surface area contributed by atoms with Gasteiger partial charge in [0.25, 0.3) is 0 Å². The van der Waals surface area contributed by atoms with E-state index < -0.39 is 0 Å². The highest BCUT2D eigenvalue weighted by Crippen LogP contribution is 2.39. The molecule has 1 N–H and O–H groups in total. The lowest BCUT2D eigenvalue weighted by atomic mass is 9.69. The summed E-state index contributed by atoms with van der Waals surface area (Å²) >= 11 is 0. The summed E-state index contributed by atoms with van der Waals surface area (Å²) in [6.07, 6.45) is 7.00. The Morgan fingerprint density at radius 2 is 2.08 bits per heavy atom. The van der Waals surface area contributed by atoms with Gasteiger partial charge in [-0.25, -0.2) is 0 Å². The normalized spacial score (nSPS) is 27.5. The van der Waals surface area contributed by atoms with Crippen LogP contribution in [-0.2, 0) is 0 Å². The molecule has 1 aliphatic carbocycles. The zero-order chi connectivity index (χ0) is 9.73. The van der Waals surface area contributed by atoms with Gasteiger partial charge >= 0.3 is 0 Å². The molecular weight excluding hydrogens is 158 g/mol. The summed E-state index contributed by atoms with van der Waals surface area (Å²) in [5.74, 6) is 0.910. The van der Waals surface area contributed by atoms with Crippen LogP contribution in [0.5, 0.6) is 0 Å². The van der Waals surface area contributed by atoms with Gasteiger partial charge in [0, 0.05) is 0 Å². The molecule has 0 amide bonds. The Morgan fingerprint density at radius 1 is 1.31 bits per heavy atom. The maximum atomic E-state index is 3.56. The van der Waals surface area contributed by atoms with E-state index in [-0.39, 0.29) is 0 Å². The second-order valence-corrected chi connectivity index (χ2v) is 5.14. The van der Waals surface area contributed by atoms with Crippen LogP contribution in [0.4, 0.5) is 0 Å². The lowest BCUT2D eigenvalue weighted by Crippen LogP contribution is -2.36. The van der Waals surface area contributed by atoms with Gasteiger partial charge in [0.15, 0.2) is 0 Å². The first-order chi connectivity index (χ1) is 6.17. The molecule has 1 fully saturated rings. The van der Waals surface area contributed by atoms with Crippen LogP contribution in [-0.4, -0.2) is 13.1 Å². The van der Waals surface area contributed by atoms with Crippen molar-refractivity contribution >= 4 is 0 Å². The third kappa shape index (κ3) is 3.30. The Labute approximate surface area is 83.3 Å². The van der Waals surface area contributed by atoms with E-state index in [1.165, 1.54) is 45.2 Å². The molecule has 0 spiro atoms. The van der Waals surface area contributed by atoms with E-state index in [2.05, 4.69) is 26.1 Å². The molecule has 0 aromatic carbocycles. The minimum absolute atomic E-state index is 0.582. The van der Waals surface area contributed by atoms with E-state index in [1.54, 1.807) is 0 Å². The van der Waals surface area contributed by atoms with Gasteiger partial charge in [0.05, 0.1) is 0 Å². The molecule has 1 unspecified atom stereocenters. The fourth-order valence-electron chi connectivity index (χ4n) is 2.40. The van der Waals surface area contributed by atoms with Gasteiger partial charge in [-0.1, -0.05) is 33.6 Å². The van der Waals surface area contributed by atoms with E-state index in [0.29, 0.717) is 5.41 Å². The van der Waals surface area contributed by atoms with Gasteiger partial charge in [-0.05, 0) is 43.7 Å². The molecule has 0 aliphatic heterocycles. The summed E-state index contributed by atoms with van der Waals surface area (Å²) in [5, 5.41) is 3.56. The average Bonchev–Trinajstić information content (AvgIpc) is 2.08. The lowest BCUT2D eigenvalue weighted by Gasteiger charge is -2.38. The summed E-state index contributed by atoms with van der Waals surface area (Å²) < 4.78 is 0. The minimum Gasteiger partial charge on any atom is -0.316 e. The van der Waals surface area contributed by atoms with Crippen LogP contribution in [0.15, 0.2) is 0 Å². The Morgan fingerprint density at radius 3 is 2.69 bits per heavy atom. The van der Waals surface area contributed by atoms with E-state index >= 15 is 0 Å². The van der Waals surface area contributed by atoms with E-state index in [0.717, 1.165) is 5.92 Å². The standard InChI is InChI=1S/C12H25N/c1-4-9-13-10-11-7-5-6-8-12(11,2)3/h11,13H,4-10H2,1-3H3. The van der Waals surface area contributed by atoms with Crippen molar-refractivity contribution < 1.29 is 0 Å². The highest BCUT2D eigenvalue weighted by atomic mass is 14.9. The van der Waals surface area contributed by atoms with Gasteiger partial charge in [-0.2, -0.15) is 0 Å². The molecule has 0 heterocycles. The quantitative estimate of drug-likeness (QED) is 0.660. The smallest absolute Gasteiger partial charge is 0.00154 e. The molecule has 0 bridgehead atoms. The summed E-state index contributed by atoms with van der Waals surface area (Å²) in [7, 11) is 0. The number of hydrogen-bond donors (Lipinski definition) is 1. The van der Waals surface area contributed by atoms with Gasteiger partial charge in [-0.15, -0.1) is 0 Å². The van der Waals surface area contributed by atoms with E-state index in [4.69, 9.17) is 0 Å². The van der Waals surface area contributed by atoms with E-state index in [9.17, 15) is 0 Å². The molecule has 1 atom stereocenters. The van der Waals surface area contributed by atoms with Crippen LogP contribution in [0.1, 0.15) is 52.9 Å². The van der Waals surface area contributed by atoms with Crippen molar-refractivity contribution in [3.05, 3.63) is 0 Å². The van der Waals surface area contributed by atoms with Crippen molar-refractivity contribution in [2.45, 2.75) is 52.9 Å². The first-order valence-electron chi connectivity index (χ1n) is 5.87. The SMILES string of the molecule is CCCNCC1CCCCC1(C)C. The van der Waals surface area contributed by atoms with Gasteiger partial charge in [0.1, 0.15) is 0 Å². The first kappa shape index (κ1) is 11.0. The Bertz CT molecular complexity index is 140. The van der Waals surface area contributed by atoms with Crippen molar-refractivity contribution in [1.29, 1.82) is 0 Å². The Balaban J connectivity index is 2.29. The van der Waals surface area contributed by atoms with Crippen molar-refractivity contribution in [3.63, 3.8) is 0 Å². The van der Waals surface area contributed by atoms with E-state index in [1.807, 2.05) is 0 Å². The summed E-state index contributed by atoms with van der Waals surface area (Å²) in [5.41, 5.74) is 0.582. The molecule has 13 heavy (non-hydrogen) atoms. The van der Waals surface area contributed by atoms with Crippen LogP contribution in [0.2, 0.25) is 0 Å². The van der Waals surface area contributed by atoms with Crippen LogP contribution < -0.4 is 5.32 Å². The summed E-state index contributed by atoms with van der Waals surface area (Å²) in [6.45, 7) is 9.53.